The molecule has 0 saturated heterocycles. The quantitative estimate of drug-likeness (QED) is 0.428. The molecule has 1 N–H and O–H groups in total. The van der Waals surface area contributed by atoms with Gasteiger partial charge >= 0.3 is 0 Å². The van der Waals surface area contributed by atoms with E-state index in [9.17, 15) is 10.1 Å². The van der Waals surface area contributed by atoms with Crippen LogP contribution in [0.15, 0.2) is 68.2 Å². The second-order valence-electron chi connectivity index (χ2n) is 5.66. The van der Waals surface area contributed by atoms with Crippen molar-refractivity contribution in [2.45, 2.75) is 0 Å². The first-order valence-electron chi connectivity index (χ1n) is 7.99. The van der Waals surface area contributed by atoms with E-state index in [1.54, 1.807) is 24.3 Å². The largest absolute Gasteiger partial charge is 0.464 e. The van der Waals surface area contributed by atoms with Gasteiger partial charge in [0.25, 0.3) is 5.91 Å². The van der Waals surface area contributed by atoms with Gasteiger partial charge in [-0.05, 0) is 42.5 Å². The van der Waals surface area contributed by atoms with Crippen LogP contribution in [-0.2, 0) is 0 Å². The van der Waals surface area contributed by atoms with Crippen molar-refractivity contribution in [3.8, 4) is 28.9 Å². The first kappa shape index (κ1) is 18.0. The van der Waals surface area contributed by atoms with Crippen LogP contribution in [0.2, 0.25) is 10.0 Å². The lowest BCUT2D eigenvalue weighted by molar-refractivity contribution is 0.102. The molecular formula is C20H10Cl2N2O4. The average Bonchev–Trinajstić information content (AvgIpc) is 3.43. The van der Waals surface area contributed by atoms with Crippen molar-refractivity contribution in [2.75, 3.05) is 5.32 Å². The van der Waals surface area contributed by atoms with Crippen LogP contribution in [0, 0.1) is 11.3 Å². The van der Waals surface area contributed by atoms with E-state index < -0.39 is 5.91 Å². The molecule has 0 aliphatic carbocycles. The van der Waals surface area contributed by atoms with Gasteiger partial charge in [0.1, 0.15) is 17.4 Å². The summed E-state index contributed by atoms with van der Waals surface area (Å²) in [6.45, 7) is 0. The summed E-state index contributed by atoms with van der Waals surface area (Å²) in [5.41, 5.74) is 0.746. The third kappa shape index (κ3) is 3.18. The zero-order valence-electron chi connectivity index (χ0n) is 14.0. The minimum absolute atomic E-state index is 0.0311. The first-order valence-corrected chi connectivity index (χ1v) is 8.75. The molecule has 138 valence electrons. The number of carbonyl (C=O) groups excluding carboxylic acids is 1. The molecular weight excluding hydrogens is 403 g/mol. The number of nitrogens with zero attached hydrogens (tertiary/aromatic N) is 1. The summed E-state index contributed by atoms with van der Waals surface area (Å²) in [7, 11) is 0. The second-order valence-corrected chi connectivity index (χ2v) is 6.47. The van der Waals surface area contributed by atoms with E-state index in [1.807, 2.05) is 0 Å². The Morgan fingerprint density at radius 3 is 2.32 bits per heavy atom. The molecule has 0 saturated carbocycles. The number of halogens is 2. The lowest BCUT2D eigenvalue weighted by Gasteiger charge is -2.04. The van der Waals surface area contributed by atoms with Gasteiger partial charge in [-0.15, -0.1) is 0 Å². The monoisotopic (exact) mass is 412 g/mol. The molecule has 28 heavy (non-hydrogen) atoms. The van der Waals surface area contributed by atoms with E-state index in [4.69, 9.17) is 36.5 Å². The smallest absolute Gasteiger partial charge is 0.258 e. The number of hydrogen-bond donors (Lipinski definition) is 1. The highest BCUT2D eigenvalue weighted by Gasteiger charge is 2.27. The van der Waals surface area contributed by atoms with Gasteiger partial charge in [0.05, 0.1) is 28.1 Å². The molecule has 0 atom stereocenters. The number of nitrogens with one attached hydrogen (secondary N) is 1. The zero-order chi connectivity index (χ0) is 19.7. The third-order valence-corrected chi connectivity index (χ3v) is 4.68. The summed E-state index contributed by atoms with van der Waals surface area (Å²) in [5, 5.41) is 12.9. The van der Waals surface area contributed by atoms with Crippen molar-refractivity contribution in [1.29, 1.82) is 5.26 Å². The van der Waals surface area contributed by atoms with Crippen LogP contribution < -0.4 is 5.32 Å². The van der Waals surface area contributed by atoms with Crippen molar-refractivity contribution < 1.29 is 18.0 Å². The summed E-state index contributed by atoms with van der Waals surface area (Å²) in [5.74, 6) is 0.512. The predicted octanol–water partition coefficient (Wildman–Crippen LogP) is 6.23. The Bertz CT molecular complexity index is 1190. The number of furan rings is 3. The fourth-order valence-electron chi connectivity index (χ4n) is 2.68. The first-order chi connectivity index (χ1) is 13.6. The Morgan fingerprint density at radius 1 is 1.00 bits per heavy atom. The van der Waals surface area contributed by atoms with Crippen LogP contribution in [-0.4, -0.2) is 5.91 Å². The van der Waals surface area contributed by atoms with E-state index in [0.717, 1.165) is 0 Å². The lowest BCUT2D eigenvalue weighted by Crippen LogP contribution is -2.12. The zero-order valence-corrected chi connectivity index (χ0v) is 15.5. The third-order valence-electron chi connectivity index (χ3n) is 3.94. The normalized spacial score (nSPS) is 10.6. The number of nitriles is 1. The maximum absolute atomic E-state index is 12.6. The van der Waals surface area contributed by atoms with E-state index in [1.165, 1.54) is 30.7 Å². The van der Waals surface area contributed by atoms with Gasteiger partial charge < -0.3 is 13.3 Å². The van der Waals surface area contributed by atoms with Gasteiger partial charge in [-0.25, -0.2) is 0 Å². The maximum Gasteiger partial charge on any atom is 0.258 e. The van der Waals surface area contributed by atoms with Crippen LogP contribution in [0.1, 0.15) is 15.9 Å². The molecule has 0 unspecified atom stereocenters. The van der Waals surface area contributed by atoms with Gasteiger partial charge in [0.2, 0.25) is 5.88 Å². The van der Waals surface area contributed by atoms with Crippen LogP contribution in [0.5, 0.6) is 0 Å². The lowest BCUT2D eigenvalue weighted by atomic mass is 10.1. The topological polar surface area (TPSA) is 92.3 Å². The molecule has 0 bridgehead atoms. The molecule has 8 heteroatoms. The van der Waals surface area contributed by atoms with Crippen molar-refractivity contribution in [1.82, 2.24) is 0 Å². The minimum atomic E-state index is -0.513. The molecule has 3 aromatic heterocycles. The molecule has 0 aliphatic heterocycles. The molecule has 0 aliphatic rings. The van der Waals surface area contributed by atoms with E-state index in [2.05, 4.69) is 11.4 Å². The fraction of sp³-hybridized carbons (Fsp3) is 0. The Hall–Kier alpha value is -3.40. The molecule has 1 amide bonds. The summed E-state index contributed by atoms with van der Waals surface area (Å²) in [6, 6.07) is 13.2. The van der Waals surface area contributed by atoms with Crippen molar-refractivity contribution in [3.63, 3.8) is 0 Å². The van der Waals surface area contributed by atoms with Crippen LogP contribution in [0.4, 0.5) is 5.88 Å². The number of benzene rings is 1. The van der Waals surface area contributed by atoms with Crippen LogP contribution >= 0.6 is 23.2 Å². The average molecular weight is 413 g/mol. The summed E-state index contributed by atoms with van der Waals surface area (Å²) >= 11 is 11.9. The number of rotatable bonds is 4. The van der Waals surface area contributed by atoms with Crippen LogP contribution in [0.3, 0.4) is 0 Å². The number of amides is 1. The van der Waals surface area contributed by atoms with E-state index in [-0.39, 0.29) is 27.8 Å². The van der Waals surface area contributed by atoms with Gasteiger partial charge in [-0.1, -0.05) is 23.2 Å². The molecule has 0 fully saturated rings. The maximum atomic E-state index is 12.6. The van der Waals surface area contributed by atoms with E-state index in [0.29, 0.717) is 22.1 Å². The van der Waals surface area contributed by atoms with Gasteiger partial charge in [0, 0.05) is 5.56 Å². The minimum Gasteiger partial charge on any atom is -0.464 e. The number of anilines is 1. The molecule has 3 heterocycles. The summed E-state index contributed by atoms with van der Waals surface area (Å²) in [6.07, 6.45) is 2.95. The second kappa shape index (κ2) is 7.31. The van der Waals surface area contributed by atoms with Gasteiger partial charge in [-0.3, -0.25) is 10.1 Å². The Morgan fingerprint density at radius 2 is 1.71 bits per heavy atom. The fourth-order valence-corrected chi connectivity index (χ4v) is 2.97. The van der Waals surface area contributed by atoms with Gasteiger partial charge in [0.15, 0.2) is 11.5 Å². The van der Waals surface area contributed by atoms with Crippen molar-refractivity contribution in [3.05, 3.63) is 76.2 Å². The van der Waals surface area contributed by atoms with Crippen molar-refractivity contribution >= 4 is 35.0 Å². The van der Waals surface area contributed by atoms with Crippen molar-refractivity contribution in [2.24, 2.45) is 0 Å². The molecule has 0 radical (unpaired) electrons. The van der Waals surface area contributed by atoms with E-state index >= 15 is 0 Å². The molecule has 4 aromatic rings. The highest BCUT2D eigenvalue weighted by molar-refractivity contribution is 6.42. The highest BCUT2D eigenvalue weighted by atomic mass is 35.5. The Balaban J connectivity index is 1.79. The summed E-state index contributed by atoms with van der Waals surface area (Å²) < 4.78 is 16.6. The Kier molecular flexibility index (Phi) is 4.70. The molecule has 0 spiro atoms. The number of carbonyl (C=O) groups is 1. The predicted molar refractivity (Wildman–Crippen MR) is 103 cm³/mol. The molecule has 4 rings (SSSR count). The number of hydrogen-bond acceptors (Lipinski definition) is 5. The molecule has 6 nitrogen and oxygen atoms in total. The van der Waals surface area contributed by atoms with Crippen LogP contribution in [0.25, 0.3) is 22.8 Å². The highest BCUT2D eigenvalue weighted by Crippen LogP contribution is 2.41. The van der Waals surface area contributed by atoms with Gasteiger partial charge in [-0.2, -0.15) is 5.26 Å². The standard InChI is InChI=1S/C20H10Cl2N2O4/c21-13-6-5-11(9-14(13)22)19(25)24-20-12(10-23)17(15-3-1-7-26-15)18(28-20)16-4-2-8-27-16/h1-9H,(H,24,25). The molecule has 1 aromatic carbocycles. The summed E-state index contributed by atoms with van der Waals surface area (Å²) in [4.78, 5) is 12.6. The Labute approximate surface area is 168 Å². The SMILES string of the molecule is N#Cc1c(NC(=O)c2ccc(Cl)c(Cl)c2)oc(-c2ccco2)c1-c1ccco1.